The van der Waals surface area contributed by atoms with Crippen LogP contribution in [0.3, 0.4) is 0 Å². The predicted molar refractivity (Wildman–Crippen MR) is 84.5 cm³/mol. The number of aromatic nitrogens is 1. The number of fused-ring (bicyclic) bond motifs is 1. The van der Waals surface area contributed by atoms with Crippen LogP contribution in [-0.2, 0) is 0 Å². The molecule has 0 bridgehead atoms. The second kappa shape index (κ2) is 6.68. The number of nitrogens with one attached hydrogen (secondary N) is 3. The van der Waals surface area contributed by atoms with Gasteiger partial charge in [0.05, 0.1) is 5.56 Å². The molecule has 10 heteroatoms. The standard InChI is InChI=1S/C16H8ClF4N3O2/c17-7-1-2-10-6(3-7)4-11(22-10)16(26)24-23-15(25)8-5-9(18)13(20)14(21)12(8)19/h1-5,22H,(H,23,25)(H,24,26). The summed E-state index contributed by atoms with van der Waals surface area (Å²) in [4.78, 5) is 26.6. The summed E-state index contributed by atoms with van der Waals surface area (Å²) in [5, 5.41) is 1.08. The molecule has 0 radical (unpaired) electrons. The van der Waals surface area contributed by atoms with Crippen LogP contribution < -0.4 is 10.9 Å². The third-order valence-corrected chi connectivity index (χ3v) is 3.70. The van der Waals surface area contributed by atoms with Gasteiger partial charge in [0, 0.05) is 15.9 Å². The van der Waals surface area contributed by atoms with Gasteiger partial charge in [0.25, 0.3) is 11.8 Å². The van der Waals surface area contributed by atoms with Crippen molar-refractivity contribution in [1.82, 2.24) is 15.8 Å². The summed E-state index contributed by atoms with van der Waals surface area (Å²) in [5.41, 5.74) is 3.26. The zero-order valence-electron chi connectivity index (χ0n) is 12.6. The Bertz CT molecular complexity index is 1050. The minimum absolute atomic E-state index is 0.0412. The lowest BCUT2D eigenvalue weighted by atomic mass is 10.2. The molecule has 134 valence electrons. The molecule has 0 unspecified atom stereocenters. The van der Waals surface area contributed by atoms with Gasteiger partial charge in [-0.25, -0.2) is 17.6 Å². The fourth-order valence-electron chi connectivity index (χ4n) is 2.21. The third-order valence-electron chi connectivity index (χ3n) is 3.46. The Hall–Kier alpha value is -3.07. The second-order valence-electron chi connectivity index (χ2n) is 5.17. The van der Waals surface area contributed by atoms with Gasteiger partial charge in [0.1, 0.15) is 5.69 Å². The molecule has 26 heavy (non-hydrogen) atoms. The Balaban J connectivity index is 1.75. The van der Waals surface area contributed by atoms with Crippen molar-refractivity contribution in [3.8, 4) is 0 Å². The van der Waals surface area contributed by atoms with E-state index in [2.05, 4.69) is 4.98 Å². The lowest BCUT2D eigenvalue weighted by Gasteiger charge is -2.08. The Kier molecular flexibility index (Phi) is 4.56. The maximum atomic E-state index is 13.5. The molecule has 2 aromatic carbocycles. The van der Waals surface area contributed by atoms with Crippen molar-refractivity contribution >= 4 is 34.3 Å². The number of aromatic amines is 1. The molecule has 0 saturated carbocycles. The number of hydrogen-bond donors (Lipinski definition) is 3. The van der Waals surface area contributed by atoms with Crippen molar-refractivity contribution in [2.24, 2.45) is 0 Å². The van der Waals surface area contributed by atoms with Crippen LogP contribution in [0.25, 0.3) is 10.9 Å². The first kappa shape index (κ1) is 17.7. The van der Waals surface area contributed by atoms with Gasteiger partial charge in [-0.05, 0) is 30.3 Å². The molecule has 0 aliphatic heterocycles. The van der Waals surface area contributed by atoms with Crippen LogP contribution in [0.2, 0.25) is 5.02 Å². The second-order valence-corrected chi connectivity index (χ2v) is 5.61. The Morgan fingerprint density at radius 3 is 2.31 bits per heavy atom. The minimum atomic E-state index is -2.13. The first-order valence-corrected chi connectivity index (χ1v) is 7.37. The van der Waals surface area contributed by atoms with Crippen LogP contribution in [0.5, 0.6) is 0 Å². The topological polar surface area (TPSA) is 74.0 Å². The van der Waals surface area contributed by atoms with Gasteiger partial charge >= 0.3 is 0 Å². The number of benzene rings is 2. The highest BCUT2D eigenvalue weighted by atomic mass is 35.5. The minimum Gasteiger partial charge on any atom is -0.350 e. The summed E-state index contributed by atoms with van der Waals surface area (Å²) < 4.78 is 52.7. The van der Waals surface area contributed by atoms with Gasteiger partial charge < -0.3 is 4.98 Å². The van der Waals surface area contributed by atoms with Crippen LogP contribution in [0, 0.1) is 23.3 Å². The first-order valence-electron chi connectivity index (χ1n) is 7.00. The van der Waals surface area contributed by atoms with Crippen LogP contribution in [0.1, 0.15) is 20.8 Å². The van der Waals surface area contributed by atoms with E-state index in [1.807, 2.05) is 5.43 Å². The summed E-state index contributed by atoms with van der Waals surface area (Å²) >= 11 is 5.83. The predicted octanol–water partition coefficient (Wildman–Crippen LogP) is 3.45. The molecule has 1 aromatic heterocycles. The summed E-state index contributed by atoms with van der Waals surface area (Å²) in [6.07, 6.45) is 0. The maximum absolute atomic E-state index is 13.5. The van der Waals surface area contributed by atoms with Crippen molar-refractivity contribution in [2.75, 3.05) is 0 Å². The van der Waals surface area contributed by atoms with E-state index in [1.54, 1.807) is 23.6 Å². The molecule has 0 atom stereocenters. The van der Waals surface area contributed by atoms with Crippen molar-refractivity contribution < 1.29 is 27.2 Å². The number of hydrogen-bond acceptors (Lipinski definition) is 2. The van der Waals surface area contributed by atoms with Crippen molar-refractivity contribution in [2.45, 2.75) is 0 Å². The summed E-state index contributed by atoms with van der Waals surface area (Å²) in [6, 6.07) is 6.46. The number of H-pyrrole nitrogens is 1. The molecule has 2 amide bonds. The highest BCUT2D eigenvalue weighted by Gasteiger charge is 2.23. The van der Waals surface area contributed by atoms with E-state index >= 15 is 0 Å². The van der Waals surface area contributed by atoms with Gasteiger partial charge in [0.2, 0.25) is 0 Å². The molecular weight excluding hydrogens is 378 g/mol. The smallest absolute Gasteiger partial charge is 0.286 e. The number of carbonyl (C=O) groups excluding carboxylic acids is 2. The van der Waals surface area contributed by atoms with Gasteiger partial charge in [-0.2, -0.15) is 0 Å². The van der Waals surface area contributed by atoms with Crippen molar-refractivity contribution in [1.29, 1.82) is 0 Å². The Labute approximate surface area is 147 Å². The molecule has 5 nitrogen and oxygen atoms in total. The fourth-order valence-corrected chi connectivity index (χ4v) is 2.39. The lowest BCUT2D eigenvalue weighted by molar-refractivity contribution is 0.0841. The largest absolute Gasteiger partial charge is 0.350 e. The normalized spacial score (nSPS) is 10.8. The van der Waals surface area contributed by atoms with E-state index in [4.69, 9.17) is 11.6 Å². The molecule has 3 N–H and O–H groups in total. The van der Waals surface area contributed by atoms with Crippen LogP contribution in [0.15, 0.2) is 30.3 Å². The highest BCUT2D eigenvalue weighted by Crippen LogP contribution is 2.20. The van der Waals surface area contributed by atoms with E-state index in [0.717, 1.165) is 0 Å². The SMILES string of the molecule is O=C(NNC(=O)c1cc(F)c(F)c(F)c1F)c1cc2cc(Cl)ccc2[nH]1. The van der Waals surface area contributed by atoms with Crippen LogP contribution in [0.4, 0.5) is 17.6 Å². The van der Waals surface area contributed by atoms with Gasteiger partial charge in [-0.3, -0.25) is 20.4 Å². The van der Waals surface area contributed by atoms with Crippen LogP contribution >= 0.6 is 11.6 Å². The Morgan fingerprint density at radius 2 is 1.58 bits per heavy atom. The Morgan fingerprint density at radius 1 is 0.885 bits per heavy atom. The van der Waals surface area contributed by atoms with E-state index in [-0.39, 0.29) is 11.8 Å². The molecule has 0 aliphatic rings. The van der Waals surface area contributed by atoms with E-state index in [0.29, 0.717) is 15.9 Å². The quantitative estimate of drug-likeness (QED) is 0.273. The molecule has 0 aliphatic carbocycles. The van der Waals surface area contributed by atoms with E-state index in [1.165, 1.54) is 6.07 Å². The average Bonchev–Trinajstić information content (AvgIpc) is 3.03. The zero-order chi connectivity index (χ0) is 19.0. The van der Waals surface area contributed by atoms with E-state index in [9.17, 15) is 27.2 Å². The lowest BCUT2D eigenvalue weighted by Crippen LogP contribution is -2.42. The molecule has 0 spiro atoms. The zero-order valence-corrected chi connectivity index (χ0v) is 13.3. The summed E-state index contributed by atoms with van der Waals surface area (Å²) in [7, 11) is 0. The number of carbonyl (C=O) groups is 2. The molecule has 1 heterocycles. The summed E-state index contributed by atoms with van der Waals surface area (Å²) in [5.74, 6) is -9.97. The van der Waals surface area contributed by atoms with Gasteiger partial charge in [-0.15, -0.1) is 0 Å². The number of halogens is 5. The third kappa shape index (κ3) is 3.21. The van der Waals surface area contributed by atoms with Crippen molar-refractivity contribution in [3.05, 3.63) is 69.9 Å². The number of hydrazine groups is 1. The van der Waals surface area contributed by atoms with E-state index < -0.39 is 40.6 Å². The molecule has 3 aromatic rings. The fraction of sp³-hybridized carbons (Fsp3) is 0. The monoisotopic (exact) mass is 385 g/mol. The van der Waals surface area contributed by atoms with Gasteiger partial charge in [0.15, 0.2) is 23.3 Å². The maximum Gasteiger partial charge on any atom is 0.286 e. The van der Waals surface area contributed by atoms with Gasteiger partial charge in [-0.1, -0.05) is 11.6 Å². The molecular formula is C16H8ClF4N3O2. The molecule has 0 fully saturated rings. The summed E-state index contributed by atoms with van der Waals surface area (Å²) in [6.45, 7) is 0. The first-order chi connectivity index (χ1) is 12.3. The molecule has 0 saturated heterocycles. The highest BCUT2D eigenvalue weighted by molar-refractivity contribution is 6.31. The average molecular weight is 386 g/mol. The number of amides is 2. The number of rotatable bonds is 2. The van der Waals surface area contributed by atoms with Crippen LogP contribution in [-0.4, -0.2) is 16.8 Å². The van der Waals surface area contributed by atoms with Crippen molar-refractivity contribution in [3.63, 3.8) is 0 Å². The molecule has 3 rings (SSSR count).